The molecule has 0 spiro atoms. The Balaban J connectivity index is 1.64. The highest BCUT2D eigenvalue weighted by Gasteiger charge is 2.18. The van der Waals surface area contributed by atoms with E-state index in [1.807, 2.05) is 51.1 Å². The van der Waals surface area contributed by atoms with E-state index in [1.54, 1.807) is 35.6 Å². The van der Waals surface area contributed by atoms with E-state index in [2.05, 4.69) is 10.3 Å². The highest BCUT2D eigenvalue weighted by molar-refractivity contribution is 7.18. The number of carboxylic acids is 1. The number of nitrogens with one attached hydrogen (secondary N) is 1. The number of benzene rings is 3. The second-order valence-corrected chi connectivity index (χ2v) is 9.57. The Morgan fingerprint density at radius 1 is 1.09 bits per heavy atom. The molecule has 170 valence electrons. The van der Waals surface area contributed by atoms with Crippen LogP contribution < -0.4 is 10.7 Å². The molecule has 0 aliphatic carbocycles. The van der Waals surface area contributed by atoms with Crippen LogP contribution >= 0.6 is 11.3 Å². The molecule has 0 aliphatic rings. The van der Waals surface area contributed by atoms with Crippen molar-refractivity contribution >= 4 is 44.2 Å². The first-order valence-corrected chi connectivity index (χ1v) is 11.7. The summed E-state index contributed by atoms with van der Waals surface area (Å²) < 4.78 is 7.36. The molecule has 5 rings (SSSR count). The predicted molar refractivity (Wildman–Crippen MR) is 136 cm³/mol. The molecule has 0 bridgehead atoms. The zero-order chi connectivity index (χ0) is 24.0. The summed E-state index contributed by atoms with van der Waals surface area (Å²) in [6.45, 7) is 5.81. The molecule has 0 aliphatic heterocycles. The molecule has 5 aromatic rings. The molecule has 6 nitrogen and oxygen atoms in total. The summed E-state index contributed by atoms with van der Waals surface area (Å²) in [6.07, 6.45) is 0. The Morgan fingerprint density at radius 3 is 2.68 bits per heavy atom. The average molecular weight is 471 g/mol. The Labute approximate surface area is 199 Å². The van der Waals surface area contributed by atoms with Gasteiger partial charge < -0.3 is 14.8 Å². The molecular weight excluding hydrogens is 448 g/mol. The molecule has 2 aromatic heterocycles. The van der Waals surface area contributed by atoms with Crippen LogP contribution in [0.4, 0.5) is 5.69 Å². The highest BCUT2D eigenvalue weighted by atomic mass is 32.1. The van der Waals surface area contributed by atoms with Crippen molar-refractivity contribution in [2.45, 2.75) is 26.8 Å². The first kappa shape index (κ1) is 21.9. The van der Waals surface area contributed by atoms with E-state index in [-0.39, 0.29) is 17.0 Å². The Bertz CT molecular complexity index is 1630. The van der Waals surface area contributed by atoms with E-state index >= 15 is 0 Å². The van der Waals surface area contributed by atoms with Gasteiger partial charge in [-0.15, -0.1) is 11.3 Å². The van der Waals surface area contributed by atoms with Gasteiger partial charge in [-0.2, -0.15) is 0 Å². The second-order valence-electron chi connectivity index (χ2n) is 8.34. The van der Waals surface area contributed by atoms with Crippen molar-refractivity contribution < 1.29 is 14.3 Å². The number of fused-ring (bicyclic) bond motifs is 2. The van der Waals surface area contributed by atoms with E-state index in [4.69, 9.17) is 4.42 Å². The summed E-state index contributed by atoms with van der Waals surface area (Å²) in [5.74, 6) is -0.527. The minimum absolute atomic E-state index is 0.125. The molecule has 2 N–H and O–H groups in total. The lowest BCUT2D eigenvalue weighted by atomic mass is 10.00. The number of para-hydroxylation sites is 1. The van der Waals surface area contributed by atoms with Gasteiger partial charge in [-0.25, -0.2) is 9.78 Å². The van der Waals surface area contributed by atoms with Gasteiger partial charge in [-0.1, -0.05) is 18.2 Å². The number of hydrogen-bond donors (Lipinski definition) is 2. The van der Waals surface area contributed by atoms with Crippen LogP contribution in [-0.2, 0) is 0 Å². The third kappa shape index (κ3) is 3.95. The van der Waals surface area contributed by atoms with Crippen molar-refractivity contribution in [2.24, 2.45) is 0 Å². The van der Waals surface area contributed by atoms with Crippen LogP contribution in [0.2, 0.25) is 0 Å². The van der Waals surface area contributed by atoms with Crippen molar-refractivity contribution in [1.82, 2.24) is 4.98 Å². The van der Waals surface area contributed by atoms with Gasteiger partial charge in [0.2, 0.25) is 0 Å². The smallest absolute Gasteiger partial charge is 0.337 e. The van der Waals surface area contributed by atoms with Gasteiger partial charge in [-0.3, -0.25) is 4.79 Å². The number of aromatic nitrogens is 1. The molecule has 0 amide bonds. The molecule has 7 heteroatoms. The van der Waals surface area contributed by atoms with Crippen LogP contribution in [0.15, 0.2) is 69.9 Å². The number of aromatic carboxylic acids is 1. The van der Waals surface area contributed by atoms with Crippen LogP contribution in [0.5, 0.6) is 0 Å². The number of aryl methyl sites for hydroxylation is 2. The van der Waals surface area contributed by atoms with Gasteiger partial charge in [0.15, 0.2) is 5.43 Å². The maximum Gasteiger partial charge on any atom is 0.337 e. The largest absolute Gasteiger partial charge is 0.478 e. The minimum atomic E-state index is -1.01. The third-order valence-corrected chi connectivity index (χ3v) is 6.71. The minimum Gasteiger partial charge on any atom is -0.478 e. The maximum absolute atomic E-state index is 13.1. The first-order chi connectivity index (χ1) is 16.3. The molecular formula is C27H22N2O4S. The number of thiazole rings is 1. The molecule has 0 saturated heterocycles. The number of rotatable bonds is 5. The zero-order valence-corrected chi connectivity index (χ0v) is 19.7. The van der Waals surface area contributed by atoms with Crippen LogP contribution in [0.25, 0.3) is 32.5 Å². The van der Waals surface area contributed by atoms with Gasteiger partial charge in [0.25, 0.3) is 0 Å². The summed E-state index contributed by atoms with van der Waals surface area (Å²) in [5, 5.41) is 14.3. The third-order valence-electron chi connectivity index (χ3n) is 5.78. The Kier molecular flexibility index (Phi) is 5.42. The number of hydrogen-bond acceptors (Lipinski definition) is 6. The highest BCUT2D eigenvalue weighted by Crippen LogP contribution is 2.33. The first-order valence-electron chi connectivity index (χ1n) is 10.8. The van der Waals surface area contributed by atoms with Crippen molar-refractivity contribution in [3.63, 3.8) is 0 Å². The molecule has 1 atom stereocenters. The summed E-state index contributed by atoms with van der Waals surface area (Å²) in [7, 11) is 0. The SMILES string of the molecule is Cc1cc(C(C)Nc2ccccc2C(=O)O)c2oc(-c3ccc4nc(C)sc4c3)cc(=O)c2c1. The Hall–Kier alpha value is -3.97. The van der Waals surface area contributed by atoms with Gasteiger partial charge in [0, 0.05) is 22.9 Å². The summed E-state index contributed by atoms with van der Waals surface area (Å²) >= 11 is 1.59. The van der Waals surface area contributed by atoms with Gasteiger partial charge >= 0.3 is 5.97 Å². The van der Waals surface area contributed by atoms with E-state index in [0.29, 0.717) is 22.4 Å². The second kappa shape index (κ2) is 8.43. The maximum atomic E-state index is 13.1. The lowest BCUT2D eigenvalue weighted by molar-refractivity contribution is 0.0698. The standard InChI is InChI=1S/C27H22N2O4S/c1-14-10-19(15(2)28-21-7-5-4-6-18(21)27(31)32)26-20(11-14)23(30)13-24(33-26)17-8-9-22-25(12-17)34-16(3)29-22/h4-13,15,28H,1-3H3,(H,31,32). The van der Waals surface area contributed by atoms with Gasteiger partial charge in [0.05, 0.1) is 32.2 Å². The number of nitrogens with zero attached hydrogens (tertiary/aromatic N) is 1. The monoisotopic (exact) mass is 470 g/mol. The normalized spacial score (nSPS) is 12.2. The summed E-state index contributed by atoms with van der Waals surface area (Å²) in [4.78, 5) is 29.2. The Morgan fingerprint density at radius 2 is 1.88 bits per heavy atom. The lowest BCUT2D eigenvalue weighted by Crippen LogP contribution is -2.12. The predicted octanol–water partition coefficient (Wildman–Crippen LogP) is 6.56. The molecule has 0 fully saturated rings. The molecule has 34 heavy (non-hydrogen) atoms. The number of carboxylic acid groups (broad SMARTS) is 1. The van der Waals surface area contributed by atoms with E-state index in [1.165, 1.54) is 6.07 Å². The average Bonchev–Trinajstić information content (AvgIpc) is 3.18. The fourth-order valence-corrected chi connectivity index (χ4v) is 5.06. The zero-order valence-electron chi connectivity index (χ0n) is 18.9. The fraction of sp³-hybridized carbons (Fsp3) is 0.148. The lowest BCUT2D eigenvalue weighted by Gasteiger charge is -2.19. The van der Waals surface area contributed by atoms with E-state index in [0.717, 1.165) is 31.9 Å². The van der Waals surface area contributed by atoms with Crippen molar-refractivity contribution in [3.05, 3.63) is 92.6 Å². The van der Waals surface area contributed by atoms with Gasteiger partial charge in [0.1, 0.15) is 11.3 Å². The van der Waals surface area contributed by atoms with Crippen molar-refractivity contribution in [3.8, 4) is 11.3 Å². The molecule has 3 aromatic carbocycles. The van der Waals surface area contributed by atoms with Crippen LogP contribution in [-0.4, -0.2) is 16.1 Å². The molecule has 0 saturated carbocycles. The molecule has 1 unspecified atom stereocenters. The molecule has 2 heterocycles. The summed E-state index contributed by atoms with van der Waals surface area (Å²) in [5.41, 5.74) is 4.47. The van der Waals surface area contributed by atoms with Crippen LogP contribution in [0, 0.1) is 13.8 Å². The van der Waals surface area contributed by atoms with Crippen molar-refractivity contribution in [1.29, 1.82) is 0 Å². The van der Waals surface area contributed by atoms with E-state index in [9.17, 15) is 14.7 Å². The topological polar surface area (TPSA) is 92.4 Å². The fourth-order valence-electron chi connectivity index (χ4n) is 4.20. The van der Waals surface area contributed by atoms with Crippen LogP contribution in [0.3, 0.4) is 0 Å². The van der Waals surface area contributed by atoms with Crippen LogP contribution in [0.1, 0.15) is 39.5 Å². The van der Waals surface area contributed by atoms with Gasteiger partial charge in [-0.05, 0) is 62.7 Å². The number of carbonyl (C=O) groups is 1. The number of anilines is 1. The van der Waals surface area contributed by atoms with E-state index < -0.39 is 5.97 Å². The van der Waals surface area contributed by atoms with Crippen molar-refractivity contribution in [2.75, 3.05) is 5.32 Å². The quantitative estimate of drug-likeness (QED) is 0.302. The molecule has 0 radical (unpaired) electrons. The summed E-state index contributed by atoms with van der Waals surface area (Å²) in [6, 6.07) is 17.6.